The number of carbonyl (C=O) groups excluding carboxylic acids is 2. The SMILES string of the molecule is CCCC(=O)C1(OC(=O)N(CC)CC)C=CC(Cl)(c2ccccc2OC)C=C1. The molecule has 0 spiro atoms. The Kier molecular flexibility index (Phi) is 7.30. The van der Waals surface area contributed by atoms with E-state index in [1.807, 2.05) is 45.0 Å². The molecular formula is C22H28ClNO4. The Bertz CT molecular complexity index is 754. The van der Waals surface area contributed by atoms with Gasteiger partial charge in [0.05, 0.1) is 7.11 Å². The molecule has 1 aliphatic carbocycles. The summed E-state index contributed by atoms with van der Waals surface area (Å²) in [5.74, 6) is 0.459. The summed E-state index contributed by atoms with van der Waals surface area (Å²) in [6.45, 7) is 6.64. The van der Waals surface area contributed by atoms with E-state index in [9.17, 15) is 9.59 Å². The zero-order valence-corrected chi connectivity index (χ0v) is 17.7. The molecule has 0 unspecified atom stereocenters. The van der Waals surface area contributed by atoms with E-state index < -0.39 is 16.6 Å². The van der Waals surface area contributed by atoms with E-state index in [0.29, 0.717) is 31.7 Å². The average molecular weight is 406 g/mol. The van der Waals surface area contributed by atoms with E-state index in [0.717, 1.165) is 5.56 Å². The van der Waals surface area contributed by atoms with Crippen LogP contribution in [-0.4, -0.2) is 42.6 Å². The molecule has 1 amide bonds. The number of alkyl halides is 1. The molecule has 0 heterocycles. The molecule has 1 aliphatic rings. The maximum Gasteiger partial charge on any atom is 0.411 e. The third kappa shape index (κ3) is 4.41. The minimum atomic E-state index is -1.45. The molecule has 5 nitrogen and oxygen atoms in total. The number of Topliss-reactive ketones (excluding diaryl/α,β-unsaturated/α-hetero) is 1. The third-order valence-electron chi connectivity index (χ3n) is 4.86. The number of para-hydroxylation sites is 1. The summed E-state index contributed by atoms with van der Waals surface area (Å²) in [7, 11) is 1.58. The van der Waals surface area contributed by atoms with E-state index in [-0.39, 0.29) is 5.78 Å². The van der Waals surface area contributed by atoms with Gasteiger partial charge in [0.25, 0.3) is 0 Å². The monoisotopic (exact) mass is 405 g/mol. The molecule has 1 aromatic rings. The van der Waals surface area contributed by atoms with Gasteiger partial charge in [0.15, 0.2) is 5.78 Å². The van der Waals surface area contributed by atoms with E-state index >= 15 is 0 Å². The van der Waals surface area contributed by atoms with Gasteiger partial charge in [0.1, 0.15) is 10.6 Å². The standard InChI is InChI=1S/C22H28ClNO4/c1-5-10-19(25)22(28-20(26)24(6-2)7-3)15-13-21(23,14-16-22)17-11-8-9-12-18(17)27-4/h8-9,11-16H,5-7,10H2,1-4H3. The number of rotatable bonds is 8. The first-order chi connectivity index (χ1) is 13.4. The van der Waals surface area contributed by atoms with Gasteiger partial charge in [0, 0.05) is 25.1 Å². The zero-order chi connectivity index (χ0) is 20.8. The first-order valence-electron chi connectivity index (χ1n) is 9.60. The molecule has 6 heteroatoms. The molecule has 0 aliphatic heterocycles. The molecule has 1 aromatic carbocycles. The molecule has 2 rings (SSSR count). The van der Waals surface area contributed by atoms with Crippen LogP contribution in [0.25, 0.3) is 0 Å². The summed E-state index contributed by atoms with van der Waals surface area (Å²) in [6, 6.07) is 7.42. The predicted octanol–water partition coefficient (Wildman–Crippen LogP) is 4.84. The first-order valence-corrected chi connectivity index (χ1v) is 9.98. The number of allylic oxidation sites excluding steroid dienone is 2. The van der Waals surface area contributed by atoms with E-state index in [1.165, 1.54) is 4.90 Å². The summed E-state index contributed by atoms with van der Waals surface area (Å²) in [6.07, 6.45) is 6.99. The fraction of sp³-hybridized carbons (Fsp3) is 0.455. The van der Waals surface area contributed by atoms with Crippen LogP contribution in [0.3, 0.4) is 0 Å². The topological polar surface area (TPSA) is 55.8 Å². The number of carbonyl (C=O) groups is 2. The second-order valence-electron chi connectivity index (χ2n) is 6.64. The normalized spacial score (nSPS) is 23.3. The fourth-order valence-electron chi connectivity index (χ4n) is 3.17. The van der Waals surface area contributed by atoms with E-state index in [2.05, 4.69) is 0 Å². The Morgan fingerprint density at radius 3 is 2.18 bits per heavy atom. The lowest BCUT2D eigenvalue weighted by Gasteiger charge is -2.34. The highest BCUT2D eigenvalue weighted by Gasteiger charge is 2.43. The number of hydrogen-bond donors (Lipinski definition) is 0. The molecular weight excluding hydrogens is 378 g/mol. The van der Waals surface area contributed by atoms with Crippen molar-refractivity contribution in [3.63, 3.8) is 0 Å². The van der Waals surface area contributed by atoms with Gasteiger partial charge in [-0.15, -0.1) is 11.6 Å². The average Bonchev–Trinajstić information content (AvgIpc) is 2.71. The Morgan fingerprint density at radius 2 is 1.64 bits per heavy atom. The molecule has 0 bridgehead atoms. The lowest BCUT2D eigenvalue weighted by Crippen LogP contribution is -2.46. The van der Waals surface area contributed by atoms with Gasteiger partial charge in [-0.05, 0) is 38.5 Å². The minimum absolute atomic E-state index is 0.179. The van der Waals surface area contributed by atoms with Crippen LogP contribution < -0.4 is 4.74 Å². The summed E-state index contributed by atoms with van der Waals surface area (Å²) in [5.41, 5.74) is -0.700. The molecule has 0 N–H and O–H groups in total. The van der Waals surface area contributed by atoms with E-state index in [4.69, 9.17) is 21.1 Å². The molecule has 0 saturated carbocycles. The maximum absolute atomic E-state index is 12.9. The first kappa shape index (κ1) is 22.0. The van der Waals surface area contributed by atoms with Crippen LogP contribution in [0.15, 0.2) is 48.6 Å². The number of hydrogen-bond acceptors (Lipinski definition) is 4. The van der Waals surface area contributed by atoms with Crippen LogP contribution in [0, 0.1) is 0 Å². The highest BCUT2D eigenvalue weighted by Crippen LogP contribution is 2.42. The zero-order valence-electron chi connectivity index (χ0n) is 16.9. The highest BCUT2D eigenvalue weighted by atomic mass is 35.5. The van der Waals surface area contributed by atoms with Crippen molar-refractivity contribution in [1.29, 1.82) is 0 Å². The Morgan fingerprint density at radius 1 is 1.04 bits per heavy atom. The summed E-state index contributed by atoms with van der Waals surface area (Å²) in [5, 5.41) is 0. The van der Waals surface area contributed by atoms with Crippen LogP contribution in [0.5, 0.6) is 5.75 Å². The van der Waals surface area contributed by atoms with Crippen LogP contribution in [0.4, 0.5) is 4.79 Å². The van der Waals surface area contributed by atoms with E-state index in [1.54, 1.807) is 31.4 Å². The number of methoxy groups -OCH3 is 1. The molecule has 152 valence electrons. The molecule has 0 radical (unpaired) electrons. The van der Waals surface area contributed by atoms with Gasteiger partial charge in [0.2, 0.25) is 5.60 Å². The number of halogens is 1. The lowest BCUT2D eigenvalue weighted by molar-refractivity contribution is -0.130. The van der Waals surface area contributed by atoms with Crippen LogP contribution >= 0.6 is 11.6 Å². The maximum atomic E-state index is 12.9. The fourth-order valence-corrected chi connectivity index (χ4v) is 3.45. The number of nitrogens with zero attached hydrogens (tertiary/aromatic N) is 1. The van der Waals surface area contributed by atoms with Gasteiger partial charge < -0.3 is 14.4 Å². The Hall–Kier alpha value is -2.27. The third-order valence-corrected chi connectivity index (χ3v) is 5.31. The Balaban J connectivity index is 2.40. The molecule has 0 atom stereocenters. The quantitative estimate of drug-likeness (QED) is 0.458. The summed E-state index contributed by atoms with van der Waals surface area (Å²) < 4.78 is 11.1. The second kappa shape index (κ2) is 9.28. The molecule has 0 aromatic heterocycles. The van der Waals surface area contributed by atoms with Crippen LogP contribution in [0.1, 0.15) is 39.2 Å². The molecule has 0 fully saturated rings. The van der Waals surface area contributed by atoms with Crippen molar-refractivity contribution in [3.8, 4) is 5.75 Å². The number of ether oxygens (including phenoxy) is 2. The van der Waals surface area contributed by atoms with Crippen molar-refractivity contribution in [1.82, 2.24) is 4.90 Å². The van der Waals surface area contributed by atoms with Gasteiger partial charge in [-0.3, -0.25) is 4.79 Å². The van der Waals surface area contributed by atoms with Gasteiger partial charge in [-0.2, -0.15) is 0 Å². The van der Waals surface area contributed by atoms with Crippen molar-refractivity contribution in [2.75, 3.05) is 20.2 Å². The van der Waals surface area contributed by atoms with Crippen LogP contribution in [-0.2, 0) is 14.4 Å². The minimum Gasteiger partial charge on any atom is -0.496 e. The van der Waals surface area contributed by atoms with Crippen molar-refractivity contribution in [2.24, 2.45) is 0 Å². The number of benzene rings is 1. The predicted molar refractivity (Wildman–Crippen MR) is 111 cm³/mol. The van der Waals surface area contributed by atoms with Crippen molar-refractivity contribution in [3.05, 3.63) is 54.1 Å². The Labute approximate surface area is 171 Å². The number of ketones is 1. The largest absolute Gasteiger partial charge is 0.496 e. The summed E-state index contributed by atoms with van der Waals surface area (Å²) in [4.78, 5) is 25.9. The van der Waals surface area contributed by atoms with Crippen molar-refractivity contribution in [2.45, 2.75) is 44.1 Å². The smallest absolute Gasteiger partial charge is 0.411 e. The van der Waals surface area contributed by atoms with Gasteiger partial charge >= 0.3 is 6.09 Å². The highest BCUT2D eigenvalue weighted by molar-refractivity contribution is 6.27. The number of amides is 1. The van der Waals surface area contributed by atoms with Crippen LogP contribution in [0.2, 0.25) is 0 Å². The summed E-state index contributed by atoms with van der Waals surface area (Å²) >= 11 is 6.83. The van der Waals surface area contributed by atoms with Gasteiger partial charge in [-0.25, -0.2) is 4.79 Å². The van der Waals surface area contributed by atoms with Gasteiger partial charge in [-0.1, -0.05) is 37.3 Å². The molecule has 0 saturated heterocycles. The lowest BCUT2D eigenvalue weighted by atomic mass is 9.84. The van der Waals surface area contributed by atoms with Crippen molar-refractivity contribution >= 4 is 23.5 Å². The second-order valence-corrected chi connectivity index (χ2v) is 7.27. The van der Waals surface area contributed by atoms with Crippen molar-refractivity contribution < 1.29 is 19.1 Å². The molecule has 28 heavy (non-hydrogen) atoms.